The van der Waals surface area contributed by atoms with Gasteiger partial charge >= 0.3 is 6.18 Å². The fraction of sp³-hybridized carbons (Fsp3) is 0.360. The normalized spacial score (nSPS) is 22.8. The molecule has 188 valence electrons. The van der Waals surface area contributed by atoms with Gasteiger partial charge < -0.3 is 15.4 Å². The first-order valence-corrected chi connectivity index (χ1v) is 11.5. The second kappa shape index (κ2) is 8.65. The Bertz CT molecular complexity index is 1270. The number of piperidine rings is 1. The second-order valence-corrected chi connectivity index (χ2v) is 9.20. The van der Waals surface area contributed by atoms with Crippen LogP contribution in [0.4, 0.5) is 13.2 Å². The van der Waals surface area contributed by atoms with Crippen LogP contribution in [0.15, 0.2) is 42.5 Å². The highest BCUT2D eigenvalue weighted by molar-refractivity contribution is 6.06. The zero-order valence-electron chi connectivity index (χ0n) is 18.9. The van der Waals surface area contributed by atoms with Crippen LogP contribution in [0, 0.1) is 0 Å². The molecule has 4 amide bonds. The van der Waals surface area contributed by atoms with Crippen molar-refractivity contribution in [1.82, 2.24) is 10.2 Å². The molecule has 3 aliphatic rings. The van der Waals surface area contributed by atoms with Crippen LogP contribution in [0.5, 0.6) is 5.75 Å². The summed E-state index contributed by atoms with van der Waals surface area (Å²) < 4.78 is 50.2. The van der Waals surface area contributed by atoms with Crippen LogP contribution in [0.3, 0.4) is 0 Å². The molecular weight excluding hydrogens is 479 g/mol. The lowest BCUT2D eigenvalue weighted by Gasteiger charge is -2.39. The minimum absolute atomic E-state index is 0.0449. The number of halogens is 3. The number of hydrogen-bond acceptors (Lipinski definition) is 5. The number of carbonyl (C=O) groups is 4. The largest absolute Gasteiger partial charge is 0.490 e. The third kappa shape index (κ3) is 4.29. The molecular formula is C25H22F3N3O5. The SMILES string of the molecule is NC(=O)c1ccc2c(c1)C([C@@H](c1cccc(OC3CC3)c1)C(F)(F)F)N(C1CCC(=O)NC1=O)C2=O. The van der Waals surface area contributed by atoms with E-state index in [4.69, 9.17) is 10.5 Å². The van der Waals surface area contributed by atoms with Gasteiger partial charge in [0.25, 0.3) is 5.91 Å². The number of benzene rings is 2. The van der Waals surface area contributed by atoms with Gasteiger partial charge in [0.15, 0.2) is 0 Å². The van der Waals surface area contributed by atoms with Crippen molar-refractivity contribution >= 4 is 23.6 Å². The summed E-state index contributed by atoms with van der Waals surface area (Å²) in [5, 5.41) is 2.11. The number of amides is 4. The number of carbonyl (C=O) groups excluding carboxylic acids is 4. The van der Waals surface area contributed by atoms with Gasteiger partial charge in [-0.05, 0) is 60.7 Å². The zero-order valence-corrected chi connectivity index (χ0v) is 18.9. The van der Waals surface area contributed by atoms with Gasteiger partial charge in [-0.25, -0.2) is 0 Å². The molecule has 36 heavy (non-hydrogen) atoms. The lowest BCUT2D eigenvalue weighted by atomic mass is 9.84. The monoisotopic (exact) mass is 501 g/mol. The van der Waals surface area contributed by atoms with Crippen LogP contribution in [0.25, 0.3) is 0 Å². The molecule has 2 unspecified atom stereocenters. The molecule has 0 spiro atoms. The minimum Gasteiger partial charge on any atom is -0.490 e. The average molecular weight is 501 g/mol. The van der Waals surface area contributed by atoms with Crippen LogP contribution in [0.1, 0.15) is 69.5 Å². The predicted octanol–water partition coefficient (Wildman–Crippen LogP) is 2.97. The fourth-order valence-corrected chi connectivity index (χ4v) is 4.90. The number of alkyl halides is 3. The summed E-state index contributed by atoms with van der Waals surface area (Å²) in [5.74, 6) is -5.05. The molecule has 5 rings (SSSR count). The van der Waals surface area contributed by atoms with Crippen molar-refractivity contribution < 1.29 is 37.1 Å². The Morgan fingerprint density at radius 2 is 1.83 bits per heavy atom. The van der Waals surface area contributed by atoms with Crippen molar-refractivity contribution in [1.29, 1.82) is 0 Å². The van der Waals surface area contributed by atoms with E-state index in [2.05, 4.69) is 5.32 Å². The molecule has 1 aliphatic carbocycles. The zero-order chi connectivity index (χ0) is 25.8. The maximum absolute atomic E-state index is 14.8. The van der Waals surface area contributed by atoms with E-state index in [1.807, 2.05) is 0 Å². The maximum Gasteiger partial charge on any atom is 0.398 e. The summed E-state index contributed by atoms with van der Waals surface area (Å²) in [6, 6.07) is 6.29. The molecule has 0 radical (unpaired) electrons. The summed E-state index contributed by atoms with van der Waals surface area (Å²) in [4.78, 5) is 50.6. The van der Waals surface area contributed by atoms with Crippen LogP contribution in [0.2, 0.25) is 0 Å². The third-order valence-corrected chi connectivity index (χ3v) is 6.68. The number of hydrogen-bond donors (Lipinski definition) is 2. The van der Waals surface area contributed by atoms with Crippen LogP contribution >= 0.6 is 0 Å². The summed E-state index contributed by atoms with van der Waals surface area (Å²) in [6.07, 6.45) is -3.52. The maximum atomic E-state index is 14.8. The first-order chi connectivity index (χ1) is 17.0. The average Bonchev–Trinajstić information content (AvgIpc) is 3.58. The van der Waals surface area contributed by atoms with Gasteiger partial charge in [0.05, 0.1) is 12.1 Å². The summed E-state index contributed by atoms with van der Waals surface area (Å²) in [6.45, 7) is 0. The number of fused-ring (bicyclic) bond motifs is 1. The van der Waals surface area contributed by atoms with Crippen molar-refractivity contribution in [3.63, 3.8) is 0 Å². The first-order valence-electron chi connectivity index (χ1n) is 11.5. The van der Waals surface area contributed by atoms with E-state index in [0.29, 0.717) is 0 Å². The molecule has 0 bridgehead atoms. The van der Waals surface area contributed by atoms with Crippen molar-refractivity contribution in [3.05, 3.63) is 64.7 Å². The lowest BCUT2D eigenvalue weighted by molar-refractivity contribution is -0.167. The molecule has 1 saturated carbocycles. The van der Waals surface area contributed by atoms with E-state index in [9.17, 15) is 32.3 Å². The van der Waals surface area contributed by atoms with Gasteiger partial charge in [0.1, 0.15) is 17.7 Å². The summed E-state index contributed by atoms with van der Waals surface area (Å²) >= 11 is 0. The molecule has 11 heteroatoms. The quantitative estimate of drug-likeness (QED) is 0.590. The molecule has 2 aromatic carbocycles. The summed E-state index contributed by atoms with van der Waals surface area (Å²) in [7, 11) is 0. The topological polar surface area (TPSA) is 119 Å². The first kappa shape index (κ1) is 23.8. The number of primary amides is 1. The predicted molar refractivity (Wildman–Crippen MR) is 119 cm³/mol. The standard InChI is InChI=1S/C25H22F3N3O5/c26-25(27,28)20(12-2-1-3-15(10-12)36-14-5-6-14)21-17-11-13(22(29)33)4-7-16(17)24(35)31(21)18-8-9-19(32)30-23(18)34/h1-4,7,10-11,14,18,20-21H,5-6,8-9H2,(H2,29,33)(H,30,32,34)/t18?,20-,21?/m1/s1. The van der Waals surface area contributed by atoms with E-state index in [1.165, 1.54) is 36.4 Å². The molecule has 2 heterocycles. The minimum atomic E-state index is -4.85. The Labute approximate surface area is 203 Å². The number of nitrogens with one attached hydrogen (secondary N) is 1. The van der Waals surface area contributed by atoms with E-state index < -0.39 is 47.8 Å². The number of nitrogens with two attached hydrogens (primary N) is 1. The van der Waals surface area contributed by atoms with Gasteiger partial charge in [-0.1, -0.05) is 12.1 Å². The van der Waals surface area contributed by atoms with Crippen molar-refractivity contribution in [2.75, 3.05) is 0 Å². The molecule has 0 aromatic heterocycles. The van der Waals surface area contributed by atoms with E-state index in [0.717, 1.165) is 17.7 Å². The van der Waals surface area contributed by atoms with Gasteiger partial charge in [-0.15, -0.1) is 0 Å². The molecule has 8 nitrogen and oxygen atoms in total. The Morgan fingerprint density at radius 1 is 1.08 bits per heavy atom. The second-order valence-electron chi connectivity index (χ2n) is 9.20. The van der Waals surface area contributed by atoms with Gasteiger partial charge in [-0.2, -0.15) is 13.2 Å². The van der Waals surface area contributed by atoms with E-state index >= 15 is 0 Å². The smallest absolute Gasteiger partial charge is 0.398 e. The van der Waals surface area contributed by atoms with Crippen LogP contribution in [-0.4, -0.2) is 46.9 Å². The molecule has 2 aliphatic heterocycles. The number of nitrogens with zero attached hydrogens (tertiary/aromatic N) is 1. The van der Waals surface area contributed by atoms with Crippen molar-refractivity contribution in [3.8, 4) is 5.75 Å². The number of imide groups is 1. The molecule has 3 N–H and O–H groups in total. The van der Waals surface area contributed by atoms with Gasteiger partial charge in [0.2, 0.25) is 17.7 Å². The third-order valence-electron chi connectivity index (χ3n) is 6.68. The van der Waals surface area contributed by atoms with Gasteiger partial charge in [0, 0.05) is 17.5 Å². The van der Waals surface area contributed by atoms with E-state index in [-0.39, 0.29) is 46.9 Å². The van der Waals surface area contributed by atoms with Crippen molar-refractivity contribution in [2.24, 2.45) is 5.73 Å². The Balaban J connectivity index is 1.66. The Morgan fingerprint density at radius 3 is 2.47 bits per heavy atom. The number of ether oxygens (including phenoxy) is 1. The van der Waals surface area contributed by atoms with Crippen LogP contribution in [-0.2, 0) is 9.59 Å². The molecule has 2 aromatic rings. The molecule has 2 fully saturated rings. The van der Waals surface area contributed by atoms with Crippen LogP contribution < -0.4 is 15.8 Å². The highest BCUT2D eigenvalue weighted by Gasteiger charge is 2.56. The Kier molecular flexibility index (Phi) is 5.73. The number of rotatable bonds is 6. The van der Waals surface area contributed by atoms with E-state index in [1.54, 1.807) is 6.07 Å². The Hall–Kier alpha value is -3.89. The fourth-order valence-electron chi connectivity index (χ4n) is 4.90. The highest BCUT2D eigenvalue weighted by Crippen LogP contribution is 2.52. The highest BCUT2D eigenvalue weighted by atomic mass is 19.4. The molecule has 1 saturated heterocycles. The van der Waals surface area contributed by atoms with Gasteiger partial charge in [-0.3, -0.25) is 24.5 Å². The van der Waals surface area contributed by atoms with Crippen molar-refractivity contribution in [2.45, 2.75) is 56.0 Å². The molecule has 3 atom stereocenters. The summed E-state index contributed by atoms with van der Waals surface area (Å²) in [5.41, 5.74) is 5.03. The lowest BCUT2D eigenvalue weighted by Crippen LogP contribution is -2.54.